The SMILES string of the molecule is CC(CF)OC(=O)N1CCC(N2CCC3(CC2)CN(C(=O)N(C)C)c2ccc(F)cc23)CC1. The molecule has 0 saturated carbocycles. The van der Waals surface area contributed by atoms with Crippen LogP contribution in [0.4, 0.5) is 24.1 Å². The Kier molecular flexibility index (Phi) is 6.79. The zero-order valence-corrected chi connectivity index (χ0v) is 19.7. The highest BCUT2D eigenvalue weighted by molar-refractivity contribution is 5.95. The van der Waals surface area contributed by atoms with Crippen molar-refractivity contribution in [2.45, 2.75) is 50.2 Å². The molecule has 0 aliphatic carbocycles. The Morgan fingerprint density at radius 3 is 2.45 bits per heavy atom. The minimum Gasteiger partial charge on any atom is -0.444 e. The number of likely N-dealkylation sites (tertiary alicyclic amines) is 2. The first-order chi connectivity index (χ1) is 15.7. The van der Waals surface area contributed by atoms with Crippen LogP contribution in [0.1, 0.15) is 38.2 Å². The van der Waals surface area contributed by atoms with Crippen molar-refractivity contribution >= 4 is 17.8 Å². The number of anilines is 1. The summed E-state index contributed by atoms with van der Waals surface area (Å²) in [4.78, 5) is 32.4. The number of hydrogen-bond acceptors (Lipinski definition) is 4. The summed E-state index contributed by atoms with van der Waals surface area (Å²) < 4.78 is 31.9. The maximum Gasteiger partial charge on any atom is 0.410 e. The summed E-state index contributed by atoms with van der Waals surface area (Å²) >= 11 is 0. The second-order valence-corrected chi connectivity index (χ2v) is 9.81. The topological polar surface area (TPSA) is 56.3 Å². The van der Waals surface area contributed by atoms with E-state index >= 15 is 0 Å². The van der Waals surface area contributed by atoms with E-state index in [1.807, 2.05) is 0 Å². The predicted molar refractivity (Wildman–Crippen MR) is 122 cm³/mol. The first-order valence-electron chi connectivity index (χ1n) is 11.8. The molecule has 0 radical (unpaired) electrons. The molecule has 1 atom stereocenters. The number of carbonyl (C=O) groups is 2. The van der Waals surface area contributed by atoms with Gasteiger partial charge in [-0.3, -0.25) is 4.90 Å². The van der Waals surface area contributed by atoms with Crippen LogP contribution in [0.5, 0.6) is 0 Å². The average molecular weight is 465 g/mol. The van der Waals surface area contributed by atoms with E-state index in [-0.39, 0.29) is 17.3 Å². The van der Waals surface area contributed by atoms with Gasteiger partial charge in [0.25, 0.3) is 0 Å². The summed E-state index contributed by atoms with van der Waals surface area (Å²) in [5.74, 6) is -0.268. The molecule has 9 heteroatoms. The van der Waals surface area contributed by atoms with Gasteiger partial charge in [0, 0.05) is 50.9 Å². The molecule has 3 aliphatic rings. The van der Waals surface area contributed by atoms with Crippen LogP contribution >= 0.6 is 0 Å². The van der Waals surface area contributed by atoms with Crippen molar-refractivity contribution in [2.75, 3.05) is 58.4 Å². The summed E-state index contributed by atoms with van der Waals surface area (Å²) in [6.07, 6.45) is 2.26. The molecule has 2 fully saturated rings. The smallest absolute Gasteiger partial charge is 0.410 e. The number of urea groups is 1. The van der Waals surface area contributed by atoms with E-state index in [0.29, 0.717) is 25.7 Å². The number of rotatable bonds is 3. The maximum absolute atomic E-state index is 14.2. The second-order valence-electron chi connectivity index (χ2n) is 9.81. The first-order valence-corrected chi connectivity index (χ1v) is 11.8. The van der Waals surface area contributed by atoms with Gasteiger partial charge in [0.05, 0.1) is 0 Å². The molecular formula is C24H34F2N4O3. The molecule has 0 aromatic heterocycles. The van der Waals surface area contributed by atoms with E-state index in [2.05, 4.69) is 4.90 Å². The third-order valence-corrected chi connectivity index (χ3v) is 7.41. The van der Waals surface area contributed by atoms with Crippen molar-refractivity contribution < 1.29 is 23.1 Å². The van der Waals surface area contributed by atoms with Gasteiger partial charge in [-0.05, 0) is 69.5 Å². The molecule has 7 nitrogen and oxygen atoms in total. The van der Waals surface area contributed by atoms with Gasteiger partial charge in [0.1, 0.15) is 18.6 Å². The van der Waals surface area contributed by atoms with E-state index in [4.69, 9.17) is 4.74 Å². The lowest BCUT2D eigenvalue weighted by Gasteiger charge is -2.45. The van der Waals surface area contributed by atoms with Crippen LogP contribution in [0.3, 0.4) is 0 Å². The summed E-state index contributed by atoms with van der Waals surface area (Å²) in [6, 6.07) is 5.06. The number of fused-ring (bicyclic) bond motifs is 2. The Morgan fingerprint density at radius 1 is 1.18 bits per heavy atom. The number of hydrogen-bond donors (Lipinski definition) is 0. The largest absolute Gasteiger partial charge is 0.444 e. The first kappa shape index (κ1) is 23.7. The summed E-state index contributed by atoms with van der Waals surface area (Å²) in [5.41, 5.74) is 1.53. The number of carbonyl (C=O) groups excluding carboxylic acids is 2. The Labute approximate surface area is 194 Å². The lowest BCUT2D eigenvalue weighted by molar-refractivity contribution is 0.0356. The zero-order valence-electron chi connectivity index (χ0n) is 19.7. The van der Waals surface area contributed by atoms with E-state index in [0.717, 1.165) is 50.0 Å². The fourth-order valence-corrected chi connectivity index (χ4v) is 5.49. The Bertz CT molecular complexity index is 880. The molecule has 182 valence electrons. The number of nitrogens with zero attached hydrogens (tertiary/aromatic N) is 4. The standard InChI is InChI=1S/C24H34F2N4O3/c1-17(15-25)33-23(32)29-10-6-19(7-11-29)28-12-8-24(9-13-28)16-30(22(31)27(2)3)21-5-4-18(26)14-20(21)24/h4-5,14,17,19H,6-13,15-16H2,1-3H3. The Balaban J connectivity index is 1.39. The number of alkyl halides is 1. The highest BCUT2D eigenvalue weighted by atomic mass is 19.1. The lowest BCUT2D eigenvalue weighted by atomic mass is 9.74. The van der Waals surface area contributed by atoms with Crippen molar-refractivity contribution in [3.8, 4) is 0 Å². The Morgan fingerprint density at radius 2 is 1.85 bits per heavy atom. The maximum atomic E-state index is 14.2. The fourth-order valence-electron chi connectivity index (χ4n) is 5.49. The van der Waals surface area contributed by atoms with Crippen LogP contribution in [0, 0.1) is 5.82 Å². The van der Waals surface area contributed by atoms with Gasteiger partial charge in [-0.25, -0.2) is 18.4 Å². The van der Waals surface area contributed by atoms with Crippen LogP contribution in [-0.2, 0) is 10.2 Å². The third kappa shape index (κ3) is 4.65. The highest BCUT2D eigenvalue weighted by Crippen LogP contribution is 2.48. The van der Waals surface area contributed by atoms with Crippen molar-refractivity contribution in [1.82, 2.24) is 14.7 Å². The minimum absolute atomic E-state index is 0.0801. The van der Waals surface area contributed by atoms with Crippen LogP contribution in [0.15, 0.2) is 18.2 Å². The van der Waals surface area contributed by atoms with Crippen molar-refractivity contribution in [1.29, 1.82) is 0 Å². The molecule has 3 heterocycles. The molecule has 3 aliphatic heterocycles. The monoisotopic (exact) mass is 464 g/mol. The molecule has 1 aromatic carbocycles. The highest BCUT2D eigenvalue weighted by Gasteiger charge is 2.47. The number of halogens is 2. The van der Waals surface area contributed by atoms with Gasteiger partial charge < -0.3 is 19.4 Å². The van der Waals surface area contributed by atoms with E-state index in [1.165, 1.54) is 6.07 Å². The predicted octanol–water partition coefficient (Wildman–Crippen LogP) is 3.62. The quantitative estimate of drug-likeness (QED) is 0.686. The van der Waals surface area contributed by atoms with E-state index in [9.17, 15) is 18.4 Å². The van der Waals surface area contributed by atoms with Gasteiger partial charge in [0.2, 0.25) is 0 Å². The molecule has 4 rings (SSSR count). The Hall–Kier alpha value is -2.42. The molecule has 1 unspecified atom stereocenters. The molecule has 1 spiro atoms. The minimum atomic E-state index is -0.716. The van der Waals surface area contributed by atoms with E-state index < -0.39 is 18.9 Å². The third-order valence-electron chi connectivity index (χ3n) is 7.41. The number of piperidine rings is 2. The molecule has 1 aromatic rings. The van der Waals surface area contributed by atoms with Gasteiger partial charge in [-0.1, -0.05) is 0 Å². The van der Waals surface area contributed by atoms with Crippen LogP contribution in [0.25, 0.3) is 0 Å². The van der Waals surface area contributed by atoms with Crippen LogP contribution in [0.2, 0.25) is 0 Å². The van der Waals surface area contributed by atoms with Crippen molar-refractivity contribution in [3.63, 3.8) is 0 Å². The van der Waals surface area contributed by atoms with Crippen LogP contribution < -0.4 is 4.90 Å². The van der Waals surface area contributed by atoms with Gasteiger partial charge in [0.15, 0.2) is 0 Å². The normalized spacial score (nSPS) is 21.7. The molecule has 0 N–H and O–H groups in total. The van der Waals surface area contributed by atoms with E-state index in [1.54, 1.807) is 47.9 Å². The fraction of sp³-hybridized carbons (Fsp3) is 0.667. The summed E-state index contributed by atoms with van der Waals surface area (Å²) in [6.45, 7) is 4.39. The molecular weight excluding hydrogens is 430 g/mol. The molecule has 2 saturated heterocycles. The van der Waals surface area contributed by atoms with Gasteiger partial charge in [-0.2, -0.15) is 0 Å². The van der Waals surface area contributed by atoms with Gasteiger partial charge >= 0.3 is 12.1 Å². The summed E-state index contributed by atoms with van der Waals surface area (Å²) in [5, 5.41) is 0. The average Bonchev–Trinajstić information content (AvgIpc) is 3.12. The zero-order chi connectivity index (χ0) is 23.8. The van der Waals surface area contributed by atoms with Crippen LogP contribution in [-0.4, -0.2) is 92.5 Å². The van der Waals surface area contributed by atoms with Crippen molar-refractivity contribution in [2.24, 2.45) is 0 Å². The number of amides is 3. The lowest BCUT2D eigenvalue weighted by Crippen LogP contribution is -2.53. The number of ether oxygens (including phenoxy) is 1. The van der Waals surface area contributed by atoms with Crippen molar-refractivity contribution in [3.05, 3.63) is 29.6 Å². The van der Waals surface area contributed by atoms with Gasteiger partial charge in [-0.15, -0.1) is 0 Å². The summed E-state index contributed by atoms with van der Waals surface area (Å²) in [7, 11) is 3.47. The molecule has 0 bridgehead atoms. The number of benzene rings is 1. The molecule has 33 heavy (non-hydrogen) atoms. The second kappa shape index (κ2) is 9.44. The molecule has 3 amide bonds.